The summed E-state index contributed by atoms with van der Waals surface area (Å²) in [4.78, 5) is 21.8. The Morgan fingerprint density at radius 2 is 1.90 bits per heavy atom. The molecule has 8 nitrogen and oxygen atoms in total. The van der Waals surface area contributed by atoms with Crippen molar-refractivity contribution in [3.05, 3.63) is 82.9 Å². The van der Waals surface area contributed by atoms with Gasteiger partial charge in [0, 0.05) is 36.8 Å². The second kappa shape index (κ2) is 11.1. The number of carbonyl (C=O) groups is 1. The molecule has 2 atom stereocenters. The number of hydrogen-bond donors (Lipinski definition) is 1. The van der Waals surface area contributed by atoms with Crippen molar-refractivity contribution in [2.24, 2.45) is 0 Å². The number of methoxy groups -OCH3 is 1. The number of aromatic nitrogens is 3. The first-order valence-corrected chi connectivity index (χ1v) is 13.0. The highest BCUT2D eigenvalue weighted by molar-refractivity contribution is 6.00. The van der Waals surface area contributed by atoms with Crippen LogP contribution in [0.3, 0.4) is 0 Å². The first-order chi connectivity index (χ1) is 19.5. The molecule has 0 aliphatic carbocycles. The monoisotopic (exact) mass is 571 g/mol. The van der Waals surface area contributed by atoms with E-state index < -0.39 is 29.6 Å². The van der Waals surface area contributed by atoms with Crippen LogP contribution in [0, 0.1) is 12.7 Å². The predicted octanol–water partition coefficient (Wildman–Crippen LogP) is 4.75. The van der Waals surface area contributed by atoms with Gasteiger partial charge in [-0.2, -0.15) is 18.3 Å². The van der Waals surface area contributed by atoms with E-state index in [0.717, 1.165) is 6.20 Å². The van der Waals surface area contributed by atoms with Crippen molar-refractivity contribution in [3.8, 4) is 17.0 Å². The molecule has 216 valence electrons. The van der Waals surface area contributed by atoms with E-state index >= 15 is 0 Å². The molecular formula is C29H29F4N5O3. The van der Waals surface area contributed by atoms with E-state index in [0.29, 0.717) is 34.5 Å². The van der Waals surface area contributed by atoms with Crippen molar-refractivity contribution >= 4 is 11.6 Å². The number of nitrogens with zero attached hydrogens (tertiary/aromatic N) is 5. The first-order valence-electron chi connectivity index (χ1n) is 13.0. The van der Waals surface area contributed by atoms with Crippen LogP contribution < -0.4 is 4.74 Å². The summed E-state index contributed by atoms with van der Waals surface area (Å²) < 4.78 is 62.5. The topological polar surface area (TPSA) is 83.2 Å². The van der Waals surface area contributed by atoms with Crippen LogP contribution in [0.1, 0.15) is 40.1 Å². The Labute approximate surface area is 233 Å². The fourth-order valence-electron chi connectivity index (χ4n) is 5.46. The molecule has 1 saturated heterocycles. The number of amides is 1. The van der Waals surface area contributed by atoms with Crippen LogP contribution in [0.25, 0.3) is 16.9 Å². The fraction of sp³-hybridized carbons (Fsp3) is 0.345. The van der Waals surface area contributed by atoms with E-state index in [1.54, 1.807) is 41.3 Å². The van der Waals surface area contributed by atoms with Crippen LogP contribution in [0.15, 0.2) is 54.7 Å². The maximum absolute atomic E-state index is 14.3. The quantitative estimate of drug-likeness (QED) is 0.337. The zero-order valence-corrected chi connectivity index (χ0v) is 22.7. The molecule has 5 rings (SSSR count). The van der Waals surface area contributed by atoms with Crippen LogP contribution in [0.4, 0.5) is 17.6 Å². The Balaban J connectivity index is 1.49. The van der Waals surface area contributed by atoms with Gasteiger partial charge in [-0.3, -0.25) is 9.69 Å². The molecule has 2 aromatic carbocycles. The predicted molar refractivity (Wildman–Crippen MR) is 143 cm³/mol. The first kappa shape index (κ1) is 28.5. The normalized spacial score (nSPS) is 17.2. The zero-order valence-electron chi connectivity index (χ0n) is 22.7. The highest BCUT2D eigenvalue weighted by Gasteiger charge is 2.39. The molecule has 0 bridgehead atoms. The van der Waals surface area contributed by atoms with Gasteiger partial charge < -0.3 is 14.7 Å². The van der Waals surface area contributed by atoms with Crippen LogP contribution in [0.2, 0.25) is 0 Å². The minimum atomic E-state index is -4.76. The molecule has 0 unspecified atom stereocenters. The number of ether oxygens (including phenoxy) is 1. The third-order valence-corrected chi connectivity index (χ3v) is 7.51. The Kier molecular flexibility index (Phi) is 7.71. The van der Waals surface area contributed by atoms with Crippen molar-refractivity contribution in [2.75, 3.05) is 33.4 Å². The molecule has 1 amide bonds. The number of fused-ring (bicyclic) bond motifs is 1. The molecule has 12 heteroatoms. The summed E-state index contributed by atoms with van der Waals surface area (Å²) in [6.45, 7) is 3.88. The summed E-state index contributed by atoms with van der Waals surface area (Å²) in [6, 6.07) is 11.7. The van der Waals surface area contributed by atoms with Gasteiger partial charge in [0.1, 0.15) is 17.1 Å². The second-order valence-corrected chi connectivity index (χ2v) is 10.0. The molecule has 1 fully saturated rings. The second-order valence-electron chi connectivity index (χ2n) is 10.0. The largest absolute Gasteiger partial charge is 0.497 e. The van der Waals surface area contributed by atoms with Crippen molar-refractivity contribution in [2.45, 2.75) is 32.1 Å². The van der Waals surface area contributed by atoms with Crippen LogP contribution >= 0.6 is 0 Å². The van der Waals surface area contributed by atoms with Crippen molar-refractivity contribution < 1.29 is 32.2 Å². The van der Waals surface area contributed by atoms with Crippen LogP contribution in [-0.4, -0.2) is 74.8 Å². The molecule has 1 N–H and O–H groups in total. The summed E-state index contributed by atoms with van der Waals surface area (Å²) in [7, 11) is 1.49. The van der Waals surface area contributed by atoms with Gasteiger partial charge in [-0.15, -0.1) is 0 Å². The fourth-order valence-corrected chi connectivity index (χ4v) is 5.46. The molecule has 0 spiro atoms. The highest BCUT2D eigenvalue weighted by atomic mass is 19.4. The molecule has 2 aromatic heterocycles. The number of aliphatic hydroxyl groups is 1. The molecule has 0 saturated carbocycles. The number of rotatable bonds is 6. The summed E-state index contributed by atoms with van der Waals surface area (Å²) in [5, 5.41) is 14.0. The number of carbonyl (C=O) groups excluding carboxylic acids is 1. The average molecular weight is 572 g/mol. The van der Waals surface area contributed by atoms with E-state index in [9.17, 15) is 27.5 Å². The molecule has 1 aliphatic rings. The number of benzene rings is 2. The Morgan fingerprint density at radius 3 is 2.51 bits per heavy atom. The van der Waals surface area contributed by atoms with E-state index in [1.165, 1.54) is 26.2 Å². The van der Waals surface area contributed by atoms with E-state index in [4.69, 9.17) is 4.74 Å². The summed E-state index contributed by atoms with van der Waals surface area (Å²) in [5.74, 6) is -0.368. The van der Waals surface area contributed by atoms with Gasteiger partial charge in [0.05, 0.1) is 31.6 Å². The Morgan fingerprint density at radius 1 is 1.17 bits per heavy atom. The minimum Gasteiger partial charge on any atom is -0.497 e. The van der Waals surface area contributed by atoms with E-state index in [-0.39, 0.29) is 41.7 Å². The molecule has 1 aliphatic heterocycles. The van der Waals surface area contributed by atoms with Crippen molar-refractivity contribution in [1.82, 2.24) is 24.4 Å². The van der Waals surface area contributed by atoms with Crippen LogP contribution in [-0.2, 0) is 6.18 Å². The number of aliphatic hydroxyl groups excluding tert-OH is 1. The van der Waals surface area contributed by atoms with Gasteiger partial charge in [-0.1, -0.05) is 12.1 Å². The lowest BCUT2D eigenvalue weighted by Gasteiger charge is -2.43. The Bertz CT molecular complexity index is 1570. The summed E-state index contributed by atoms with van der Waals surface area (Å²) in [5.41, 5.74) is -0.230. The van der Waals surface area contributed by atoms with Gasteiger partial charge in [0.15, 0.2) is 11.3 Å². The number of hydrogen-bond acceptors (Lipinski definition) is 6. The molecular weight excluding hydrogens is 542 g/mol. The highest BCUT2D eigenvalue weighted by Crippen LogP contribution is 2.37. The smallest absolute Gasteiger partial charge is 0.433 e. The third-order valence-electron chi connectivity index (χ3n) is 7.51. The van der Waals surface area contributed by atoms with Crippen molar-refractivity contribution in [3.63, 3.8) is 0 Å². The molecule has 3 heterocycles. The molecule has 4 aromatic rings. The van der Waals surface area contributed by atoms with E-state index in [2.05, 4.69) is 10.1 Å². The number of alkyl halides is 3. The number of halogens is 4. The van der Waals surface area contributed by atoms with Crippen molar-refractivity contribution in [1.29, 1.82) is 0 Å². The van der Waals surface area contributed by atoms with Crippen LogP contribution in [0.5, 0.6) is 5.75 Å². The van der Waals surface area contributed by atoms with Gasteiger partial charge in [-0.25, -0.2) is 13.9 Å². The SMILES string of the molecule is COc1ccc(-c2nc3c(C(=O)N4CCN([C@H](CO)c5cccc(F)c5)C[C@H]4C)cnn3c(C(F)(F)F)c2C)cc1. The molecule has 0 radical (unpaired) electrons. The van der Waals surface area contributed by atoms with Gasteiger partial charge >= 0.3 is 6.18 Å². The lowest BCUT2D eigenvalue weighted by molar-refractivity contribution is -0.143. The van der Waals surface area contributed by atoms with Gasteiger partial charge in [-0.05, 0) is 55.8 Å². The number of piperazine rings is 1. The standard InChI is InChI=1S/C29H29F4N5O3/c1-17-15-36(24(16-39)20-5-4-6-21(30)13-20)11-12-37(17)28(40)23-14-34-38-26(29(31,32)33)18(2)25(35-27(23)38)19-7-9-22(41-3)10-8-19/h4-10,13-14,17,24,39H,11-12,15-16H2,1-3H3/t17-,24-/m1/s1. The van der Waals surface area contributed by atoms with Gasteiger partial charge in [0.2, 0.25) is 0 Å². The zero-order chi connectivity index (χ0) is 29.5. The molecule has 41 heavy (non-hydrogen) atoms. The Hall–Kier alpha value is -4.03. The average Bonchev–Trinajstić information content (AvgIpc) is 3.35. The summed E-state index contributed by atoms with van der Waals surface area (Å²) in [6.07, 6.45) is -3.63. The lowest BCUT2D eigenvalue weighted by atomic mass is 10.0. The summed E-state index contributed by atoms with van der Waals surface area (Å²) >= 11 is 0. The lowest BCUT2D eigenvalue weighted by Crippen LogP contribution is -2.55. The van der Waals surface area contributed by atoms with Gasteiger partial charge in [0.25, 0.3) is 5.91 Å². The maximum Gasteiger partial charge on any atom is 0.433 e. The third kappa shape index (κ3) is 5.36. The minimum absolute atomic E-state index is 0.0469. The maximum atomic E-state index is 14.3. The van der Waals surface area contributed by atoms with E-state index in [1.807, 2.05) is 11.8 Å².